The summed E-state index contributed by atoms with van der Waals surface area (Å²) in [5.74, 6) is 0.518. The van der Waals surface area contributed by atoms with Crippen molar-refractivity contribution in [2.45, 2.75) is 19.4 Å². The van der Waals surface area contributed by atoms with Gasteiger partial charge in [0.1, 0.15) is 24.1 Å². The molecule has 1 aromatic heterocycles. The summed E-state index contributed by atoms with van der Waals surface area (Å²) in [7, 11) is 1.53. The number of hydrogen-bond donors (Lipinski definition) is 2. The van der Waals surface area contributed by atoms with Crippen LogP contribution >= 0.6 is 15.9 Å². The van der Waals surface area contributed by atoms with Crippen LogP contribution in [-0.4, -0.2) is 17.3 Å². The fourth-order valence-electron chi connectivity index (χ4n) is 3.51. The van der Waals surface area contributed by atoms with E-state index in [1.807, 2.05) is 13.0 Å². The predicted octanol–water partition coefficient (Wildman–Crippen LogP) is 4.43. The number of aryl methyl sites for hydroxylation is 1. The molecule has 7 nitrogen and oxygen atoms in total. The Morgan fingerprint density at radius 2 is 2.06 bits per heavy atom. The van der Waals surface area contributed by atoms with Gasteiger partial charge in [-0.3, -0.25) is 5.10 Å². The minimum Gasteiger partial charge on any atom is -0.493 e. The van der Waals surface area contributed by atoms with E-state index in [0.717, 1.165) is 22.4 Å². The standard InChI is InChI=1S/C22H18BrFN4O3/c1-11-18-19(15(9-25)21(26)31-22(18)28-27-11)13-7-16(23)20(17(8-13)29-2)30-10-12-3-5-14(24)6-4-12/h3-8,19H,10,26H2,1-2H3,(H,27,28)/t19-/m1/s1. The molecule has 0 radical (unpaired) electrons. The SMILES string of the molecule is COc1cc([C@@H]2C(C#N)=C(N)Oc3n[nH]c(C)c32)cc(Br)c1OCc1ccc(F)cc1. The topological polar surface area (TPSA) is 106 Å². The number of rotatable bonds is 5. The Morgan fingerprint density at radius 1 is 1.32 bits per heavy atom. The van der Waals surface area contributed by atoms with Crippen LogP contribution < -0.4 is 19.9 Å². The number of halogens is 2. The molecule has 0 bridgehead atoms. The van der Waals surface area contributed by atoms with Crippen LogP contribution in [0.4, 0.5) is 4.39 Å². The number of allylic oxidation sites excluding steroid dienone is 1. The lowest BCUT2D eigenvalue weighted by Gasteiger charge is -2.25. The lowest BCUT2D eigenvalue weighted by molar-refractivity contribution is 0.282. The fraction of sp³-hybridized carbons (Fsp3) is 0.182. The maximum Gasteiger partial charge on any atom is 0.244 e. The minimum atomic E-state index is -0.483. The number of fused-ring (bicyclic) bond motifs is 1. The molecule has 3 aromatic rings. The molecule has 0 amide bonds. The van der Waals surface area contributed by atoms with Crippen molar-refractivity contribution in [3.8, 4) is 23.4 Å². The molecule has 0 aliphatic carbocycles. The number of nitrogens with one attached hydrogen (secondary N) is 1. The summed E-state index contributed by atoms with van der Waals surface area (Å²) in [4.78, 5) is 0. The normalized spacial score (nSPS) is 15.1. The highest BCUT2D eigenvalue weighted by Crippen LogP contribution is 2.46. The van der Waals surface area contributed by atoms with Gasteiger partial charge in [-0.25, -0.2) is 4.39 Å². The van der Waals surface area contributed by atoms with E-state index in [4.69, 9.17) is 19.9 Å². The first-order chi connectivity index (χ1) is 14.9. The Hall–Kier alpha value is -3.51. The first kappa shape index (κ1) is 20.8. The Morgan fingerprint density at radius 3 is 2.74 bits per heavy atom. The maximum absolute atomic E-state index is 13.1. The Kier molecular flexibility index (Phi) is 5.57. The number of hydrogen-bond acceptors (Lipinski definition) is 6. The van der Waals surface area contributed by atoms with E-state index in [1.165, 1.54) is 19.2 Å². The number of benzene rings is 2. The van der Waals surface area contributed by atoms with Crippen molar-refractivity contribution in [1.82, 2.24) is 10.2 Å². The summed E-state index contributed by atoms with van der Waals surface area (Å²) in [6.45, 7) is 2.08. The van der Waals surface area contributed by atoms with E-state index in [-0.39, 0.29) is 23.9 Å². The molecule has 0 saturated carbocycles. The highest BCUT2D eigenvalue weighted by atomic mass is 79.9. The molecule has 4 rings (SSSR count). The number of nitriles is 1. The molecule has 2 heterocycles. The van der Waals surface area contributed by atoms with Crippen molar-refractivity contribution in [2.24, 2.45) is 5.73 Å². The zero-order chi connectivity index (χ0) is 22.1. The molecule has 0 unspecified atom stereocenters. The Bertz CT molecular complexity index is 1210. The van der Waals surface area contributed by atoms with Gasteiger partial charge in [0, 0.05) is 11.3 Å². The first-order valence-corrected chi connectivity index (χ1v) is 10.1. The van der Waals surface area contributed by atoms with E-state index in [9.17, 15) is 9.65 Å². The maximum atomic E-state index is 13.1. The molecule has 3 N–H and O–H groups in total. The molecule has 1 aliphatic rings. The van der Waals surface area contributed by atoms with Crippen molar-refractivity contribution < 1.29 is 18.6 Å². The van der Waals surface area contributed by atoms with Crippen LogP contribution in [0.2, 0.25) is 0 Å². The van der Waals surface area contributed by atoms with Crippen LogP contribution in [0, 0.1) is 24.1 Å². The molecule has 2 aromatic carbocycles. The summed E-state index contributed by atoms with van der Waals surface area (Å²) in [6, 6.07) is 11.9. The van der Waals surface area contributed by atoms with Crippen LogP contribution in [0.5, 0.6) is 17.4 Å². The smallest absolute Gasteiger partial charge is 0.244 e. The van der Waals surface area contributed by atoms with Crippen molar-refractivity contribution >= 4 is 15.9 Å². The number of H-pyrrole nitrogens is 1. The second-order valence-corrected chi connectivity index (χ2v) is 7.80. The van der Waals surface area contributed by atoms with Gasteiger partial charge in [0.05, 0.1) is 17.5 Å². The van der Waals surface area contributed by atoms with Crippen LogP contribution in [0.25, 0.3) is 0 Å². The van der Waals surface area contributed by atoms with Gasteiger partial charge >= 0.3 is 0 Å². The van der Waals surface area contributed by atoms with Crippen molar-refractivity contribution in [1.29, 1.82) is 5.26 Å². The summed E-state index contributed by atoms with van der Waals surface area (Å²) >= 11 is 3.55. The average Bonchev–Trinajstić information content (AvgIpc) is 3.12. The molecule has 9 heteroatoms. The monoisotopic (exact) mass is 484 g/mol. The number of nitrogens with zero attached hydrogens (tertiary/aromatic N) is 2. The highest BCUT2D eigenvalue weighted by molar-refractivity contribution is 9.10. The number of aromatic nitrogens is 2. The molecule has 0 saturated heterocycles. The van der Waals surface area contributed by atoms with Crippen LogP contribution in [0.1, 0.15) is 28.3 Å². The largest absolute Gasteiger partial charge is 0.493 e. The first-order valence-electron chi connectivity index (χ1n) is 9.30. The molecule has 0 fully saturated rings. The summed E-state index contributed by atoms with van der Waals surface area (Å²) in [6.07, 6.45) is 0. The van der Waals surface area contributed by atoms with Gasteiger partial charge in [-0.15, -0.1) is 5.10 Å². The molecular weight excluding hydrogens is 467 g/mol. The number of ether oxygens (including phenoxy) is 3. The summed E-state index contributed by atoms with van der Waals surface area (Å²) < 4.78 is 30.8. The van der Waals surface area contributed by atoms with Crippen molar-refractivity contribution in [2.75, 3.05) is 7.11 Å². The second-order valence-electron chi connectivity index (χ2n) is 6.94. The number of nitrogens with two attached hydrogens (primary N) is 1. The quantitative estimate of drug-likeness (QED) is 0.554. The average molecular weight is 485 g/mol. The lowest BCUT2D eigenvalue weighted by Crippen LogP contribution is -2.21. The molecular formula is C22H18BrFN4O3. The Balaban J connectivity index is 1.73. The Labute approximate surface area is 186 Å². The van der Waals surface area contributed by atoms with Gasteiger partial charge in [0.15, 0.2) is 11.5 Å². The second kappa shape index (κ2) is 8.32. The van der Waals surface area contributed by atoms with Gasteiger partial charge < -0.3 is 19.9 Å². The van der Waals surface area contributed by atoms with Gasteiger partial charge in [-0.1, -0.05) is 12.1 Å². The zero-order valence-corrected chi connectivity index (χ0v) is 18.3. The zero-order valence-electron chi connectivity index (χ0n) is 16.7. The van der Waals surface area contributed by atoms with Crippen molar-refractivity contribution in [3.63, 3.8) is 0 Å². The number of methoxy groups -OCH3 is 1. The van der Waals surface area contributed by atoms with Crippen molar-refractivity contribution in [3.05, 3.63) is 80.5 Å². The van der Waals surface area contributed by atoms with E-state index < -0.39 is 5.92 Å². The molecule has 158 valence electrons. The molecule has 31 heavy (non-hydrogen) atoms. The van der Waals surface area contributed by atoms with Gasteiger partial charge in [0.2, 0.25) is 11.8 Å². The number of aromatic amines is 1. The van der Waals surface area contributed by atoms with E-state index in [0.29, 0.717) is 21.9 Å². The molecule has 0 spiro atoms. The third-order valence-corrected chi connectivity index (χ3v) is 5.60. The van der Waals surface area contributed by atoms with Crippen LogP contribution in [-0.2, 0) is 6.61 Å². The summed E-state index contributed by atoms with van der Waals surface area (Å²) in [5, 5.41) is 16.8. The van der Waals surface area contributed by atoms with E-state index in [2.05, 4.69) is 32.2 Å². The molecule has 1 atom stereocenters. The highest BCUT2D eigenvalue weighted by Gasteiger charge is 2.35. The minimum absolute atomic E-state index is 0.0122. The van der Waals surface area contributed by atoms with E-state index >= 15 is 0 Å². The third-order valence-electron chi connectivity index (χ3n) is 5.01. The third kappa shape index (κ3) is 3.82. The van der Waals surface area contributed by atoms with E-state index in [1.54, 1.807) is 18.2 Å². The fourth-order valence-corrected chi connectivity index (χ4v) is 4.09. The van der Waals surface area contributed by atoms with Gasteiger partial charge in [-0.2, -0.15) is 5.26 Å². The van der Waals surface area contributed by atoms with Crippen LogP contribution in [0.3, 0.4) is 0 Å². The van der Waals surface area contributed by atoms with Gasteiger partial charge in [0.25, 0.3) is 0 Å². The lowest BCUT2D eigenvalue weighted by atomic mass is 9.84. The summed E-state index contributed by atoms with van der Waals surface area (Å²) in [5.41, 5.74) is 9.34. The van der Waals surface area contributed by atoms with Gasteiger partial charge in [-0.05, 0) is 58.2 Å². The predicted molar refractivity (Wildman–Crippen MR) is 114 cm³/mol. The van der Waals surface area contributed by atoms with Crippen LogP contribution in [0.15, 0.2) is 52.3 Å². The molecule has 1 aliphatic heterocycles.